The van der Waals surface area contributed by atoms with Gasteiger partial charge in [0.25, 0.3) is 0 Å². The van der Waals surface area contributed by atoms with Crippen LogP contribution in [0.2, 0.25) is 0 Å². The van der Waals surface area contributed by atoms with Gasteiger partial charge < -0.3 is 9.47 Å². The predicted molar refractivity (Wildman–Crippen MR) is 67.4 cm³/mol. The van der Waals surface area contributed by atoms with Gasteiger partial charge in [0.2, 0.25) is 0 Å². The van der Waals surface area contributed by atoms with E-state index >= 15 is 0 Å². The minimum atomic E-state index is -0.371. The third-order valence-electron chi connectivity index (χ3n) is 2.61. The molecular formula is C14H20O3. The van der Waals surface area contributed by atoms with E-state index in [9.17, 15) is 4.79 Å². The maximum absolute atomic E-state index is 11.0. The largest absolute Gasteiger partial charge is 0.482 e. The van der Waals surface area contributed by atoms with Crippen LogP contribution in [-0.4, -0.2) is 19.7 Å². The molecule has 94 valence electrons. The van der Waals surface area contributed by atoms with Gasteiger partial charge in [-0.15, -0.1) is 0 Å². The molecule has 0 amide bonds. The van der Waals surface area contributed by atoms with E-state index in [1.54, 1.807) is 0 Å². The number of ether oxygens (including phenoxy) is 2. The first-order chi connectivity index (χ1) is 7.84. The minimum Gasteiger partial charge on any atom is -0.482 e. The molecule has 0 aliphatic carbocycles. The molecule has 1 rings (SSSR count). The van der Waals surface area contributed by atoms with Crippen molar-refractivity contribution < 1.29 is 14.3 Å². The molecule has 0 N–H and O–H groups in total. The van der Waals surface area contributed by atoms with Gasteiger partial charge >= 0.3 is 5.97 Å². The van der Waals surface area contributed by atoms with Gasteiger partial charge in [-0.25, -0.2) is 4.79 Å². The molecule has 1 aromatic carbocycles. The normalized spacial score (nSPS) is 11.1. The maximum atomic E-state index is 11.0. The van der Waals surface area contributed by atoms with Crippen molar-refractivity contribution in [1.82, 2.24) is 0 Å². The molecule has 0 saturated heterocycles. The third kappa shape index (κ3) is 3.77. The van der Waals surface area contributed by atoms with Gasteiger partial charge in [-0.3, -0.25) is 0 Å². The monoisotopic (exact) mass is 236 g/mol. The Labute approximate surface area is 103 Å². The van der Waals surface area contributed by atoms with Crippen LogP contribution in [0.25, 0.3) is 0 Å². The van der Waals surface area contributed by atoms with Crippen LogP contribution in [0.1, 0.15) is 31.9 Å². The van der Waals surface area contributed by atoms with Gasteiger partial charge in [0.15, 0.2) is 6.61 Å². The zero-order valence-corrected chi connectivity index (χ0v) is 11.2. The molecular weight excluding hydrogens is 216 g/mol. The van der Waals surface area contributed by atoms with Crippen LogP contribution in [-0.2, 0) is 14.9 Å². The van der Waals surface area contributed by atoms with E-state index in [4.69, 9.17) is 4.74 Å². The quantitative estimate of drug-likeness (QED) is 0.757. The van der Waals surface area contributed by atoms with Crippen molar-refractivity contribution in [3.05, 3.63) is 29.3 Å². The van der Waals surface area contributed by atoms with E-state index in [0.29, 0.717) is 0 Å². The number of aryl methyl sites for hydroxylation is 1. The fourth-order valence-electron chi connectivity index (χ4n) is 1.47. The van der Waals surface area contributed by atoms with Gasteiger partial charge in [-0.2, -0.15) is 0 Å². The number of hydrogen-bond acceptors (Lipinski definition) is 3. The summed E-state index contributed by atoms with van der Waals surface area (Å²) in [5, 5.41) is 0. The molecule has 0 aromatic heterocycles. The summed E-state index contributed by atoms with van der Waals surface area (Å²) >= 11 is 0. The van der Waals surface area contributed by atoms with Crippen molar-refractivity contribution >= 4 is 5.97 Å². The second-order valence-corrected chi connectivity index (χ2v) is 5.10. The smallest absolute Gasteiger partial charge is 0.343 e. The first kappa shape index (κ1) is 13.6. The second kappa shape index (κ2) is 5.21. The topological polar surface area (TPSA) is 35.5 Å². The van der Waals surface area contributed by atoms with Gasteiger partial charge in [0.1, 0.15) is 5.75 Å². The Morgan fingerprint density at radius 3 is 2.41 bits per heavy atom. The Bertz CT molecular complexity index is 402. The molecule has 0 radical (unpaired) electrons. The van der Waals surface area contributed by atoms with Crippen LogP contribution in [0.3, 0.4) is 0 Å². The number of carbonyl (C=O) groups excluding carboxylic acids is 1. The molecule has 0 spiro atoms. The van der Waals surface area contributed by atoms with Crippen molar-refractivity contribution in [3.8, 4) is 5.75 Å². The molecule has 0 fully saturated rings. The van der Waals surface area contributed by atoms with Crippen LogP contribution in [0.15, 0.2) is 18.2 Å². The summed E-state index contributed by atoms with van der Waals surface area (Å²) < 4.78 is 9.91. The summed E-state index contributed by atoms with van der Waals surface area (Å²) in [4.78, 5) is 11.0. The average molecular weight is 236 g/mol. The fourth-order valence-corrected chi connectivity index (χ4v) is 1.47. The maximum Gasteiger partial charge on any atom is 0.343 e. The van der Waals surface area contributed by atoms with E-state index < -0.39 is 0 Å². The number of hydrogen-bond donors (Lipinski definition) is 0. The number of rotatable bonds is 3. The number of esters is 1. The van der Waals surface area contributed by atoms with Crippen LogP contribution in [0.4, 0.5) is 0 Å². The zero-order valence-electron chi connectivity index (χ0n) is 11.2. The summed E-state index contributed by atoms with van der Waals surface area (Å²) in [6, 6.07) is 6.02. The molecule has 0 saturated carbocycles. The summed E-state index contributed by atoms with van der Waals surface area (Å²) in [5.74, 6) is 0.354. The highest BCUT2D eigenvalue weighted by Gasteiger charge is 2.15. The molecule has 3 heteroatoms. The summed E-state index contributed by atoms with van der Waals surface area (Å²) in [7, 11) is 1.35. The highest BCUT2D eigenvalue weighted by Crippen LogP contribution is 2.27. The van der Waals surface area contributed by atoms with E-state index in [0.717, 1.165) is 11.3 Å². The minimum absolute atomic E-state index is 0.0494. The first-order valence-electron chi connectivity index (χ1n) is 5.65. The van der Waals surface area contributed by atoms with E-state index in [1.165, 1.54) is 12.7 Å². The van der Waals surface area contributed by atoms with E-state index in [2.05, 4.69) is 31.6 Å². The van der Waals surface area contributed by atoms with Crippen molar-refractivity contribution in [3.63, 3.8) is 0 Å². The molecule has 3 nitrogen and oxygen atoms in total. The van der Waals surface area contributed by atoms with Crippen molar-refractivity contribution in [2.45, 2.75) is 33.1 Å². The van der Waals surface area contributed by atoms with Gasteiger partial charge in [0.05, 0.1) is 7.11 Å². The van der Waals surface area contributed by atoms with Gasteiger partial charge in [-0.05, 0) is 29.5 Å². The lowest BCUT2D eigenvalue weighted by Gasteiger charge is -2.20. The van der Waals surface area contributed by atoms with Crippen LogP contribution >= 0.6 is 0 Å². The van der Waals surface area contributed by atoms with Crippen LogP contribution in [0, 0.1) is 6.92 Å². The lowest BCUT2D eigenvalue weighted by Crippen LogP contribution is -2.14. The Morgan fingerprint density at radius 2 is 1.94 bits per heavy atom. The third-order valence-corrected chi connectivity index (χ3v) is 2.61. The SMILES string of the molecule is COC(=O)COc1ccc(C(C)(C)C)cc1C. The molecule has 0 atom stereocenters. The molecule has 0 aliphatic heterocycles. The van der Waals surface area contributed by atoms with Crippen LogP contribution < -0.4 is 4.74 Å². The van der Waals surface area contributed by atoms with Crippen molar-refractivity contribution in [1.29, 1.82) is 0 Å². The standard InChI is InChI=1S/C14H20O3/c1-10-8-11(14(2,3)4)6-7-12(10)17-9-13(15)16-5/h6-8H,9H2,1-5H3. The molecule has 0 bridgehead atoms. The zero-order chi connectivity index (χ0) is 13.1. The lowest BCUT2D eigenvalue weighted by atomic mass is 9.86. The average Bonchev–Trinajstić information content (AvgIpc) is 2.25. The summed E-state index contributed by atoms with van der Waals surface area (Å²) in [5.41, 5.74) is 2.40. The predicted octanol–water partition coefficient (Wildman–Crippen LogP) is 2.84. The van der Waals surface area contributed by atoms with Crippen molar-refractivity contribution in [2.24, 2.45) is 0 Å². The Hall–Kier alpha value is -1.51. The Morgan fingerprint density at radius 1 is 1.29 bits per heavy atom. The highest BCUT2D eigenvalue weighted by molar-refractivity contribution is 5.70. The Balaban J connectivity index is 2.80. The molecule has 0 heterocycles. The molecule has 0 aliphatic rings. The van der Waals surface area contributed by atoms with E-state index in [1.807, 2.05) is 19.1 Å². The van der Waals surface area contributed by atoms with E-state index in [-0.39, 0.29) is 18.0 Å². The first-order valence-corrected chi connectivity index (χ1v) is 5.65. The van der Waals surface area contributed by atoms with Crippen molar-refractivity contribution in [2.75, 3.05) is 13.7 Å². The number of carbonyl (C=O) groups is 1. The van der Waals surface area contributed by atoms with Crippen LogP contribution in [0.5, 0.6) is 5.75 Å². The number of benzene rings is 1. The summed E-state index contributed by atoms with van der Waals surface area (Å²) in [6.07, 6.45) is 0. The van der Waals surface area contributed by atoms with Gasteiger partial charge in [-0.1, -0.05) is 32.9 Å². The lowest BCUT2D eigenvalue weighted by molar-refractivity contribution is -0.142. The molecule has 1 aromatic rings. The Kier molecular flexibility index (Phi) is 4.16. The highest BCUT2D eigenvalue weighted by atomic mass is 16.6. The fraction of sp³-hybridized carbons (Fsp3) is 0.500. The van der Waals surface area contributed by atoms with Gasteiger partial charge in [0, 0.05) is 0 Å². The molecule has 17 heavy (non-hydrogen) atoms. The summed E-state index contributed by atoms with van der Waals surface area (Å²) in [6.45, 7) is 8.41. The second-order valence-electron chi connectivity index (χ2n) is 5.10. The number of methoxy groups -OCH3 is 1. The molecule has 0 unspecified atom stereocenters.